The zero-order valence-corrected chi connectivity index (χ0v) is 12.4. The number of piperidine rings is 1. The number of benzene rings is 1. The molecule has 2 rings (SSSR count). The maximum Gasteiger partial charge on any atom is 0.324 e. The van der Waals surface area contributed by atoms with Gasteiger partial charge >= 0.3 is 6.03 Å². The van der Waals surface area contributed by atoms with Crippen LogP contribution in [0.25, 0.3) is 0 Å². The Hall–Kier alpha value is -1.51. The molecule has 0 aliphatic carbocycles. The Bertz CT molecular complexity index is 450. The quantitative estimate of drug-likeness (QED) is 0.757. The van der Waals surface area contributed by atoms with Crippen LogP contribution >= 0.6 is 0 Å². The molecule has 1 aromatic carbocycles. The van der Waals surface area contributed by atoms with E-state index in [1.807, 2.05) is 11.9 Å². The number of urea groups is 1. The number of rotatable bonds is 1. The Kier molecular flexibility index (Phi) is 4.13. The van der Waals surface area contributed by atoms with Crippen molar-refractivity contribution in [1.29, 1.82) is 0 Å². The van der Waals surface area contributed by atoms with E-state index in [1.165, 1.54) is 17.5 Å². The summed E-state index contributed by atoms with van der Waals surface area (Å²) in [6.07, 6.45) is 2.35. The maximum atomic E-state index is 12.5. The minimum absolute atomic E-state index is 0.122. The molecule has 0 radical (unpaired) electrons. The van der Waals surface area contributed by atoms with E-state index in [-0.39, 0.29) is 6.03 Å². The highest BCUT2D eigenvalue weighted by Gasteiger charge is 2.24. The van der Waals surface area contributed by atoms with Gasteiger partial charge in [0.15, 0.2) is 0 Å². The SMILES string of the molecule is Cc1cc(C)cc(N(C)C(=O)N2CCCC(C)C2)c1. The van der Waals surface area contributed by atoms with Gasteiger partial charge in [-0.3, -0.25) is 4.90 Å². The molecule has 2 amide bonds. The first-order valence-corrected chi connectivity index (χ1v) is 7.08. The minimum atomic E-state index is 0.122. The van der Waals surface area contributed by atoms with Crippen LogP contribution in [0.15, 0.2) is 18.2 Å². The average Bonchev–Trinajstić information content (AvgIpc) is 2.36. The van der Waals surface area contributed by atoms with E-state index in [9.17, 15) is 4.79 Å². The molecule has 1 aliphatic rings. The molecule has 0 N–H and O–H groups in total. The molecule has 19 heavy (non-hydrogen) atoms. The summed E-state index contributed by atoms with van der Waals surface area (Å²) in [5.41, 5.74) is 3.38. The standard InChI is InChI=1S/C16H24N2O/c1-12-6-5-7-18(11-12)16(19)17(4)15-9-13(2)8-14(3)10-15/h8-10,12H,5-7,11H2,1-4H3. The first-order valence-electron chi connectivity index (χ1n) is 7.08. The number of carbonyl (C=O) groups is 1. The minimum Gasteiger partial charge on any atom is -0.324 e. The zero-order valence-electron chi connectivity index (χ0n) is 12.4. The van der Waals surface area contributed by atoms with Crippen molar-refractivity contribution in [3.8, 4) is 0 Å². The number of likely N-dealkylation sites (tertiary alicyclic amines) is 1. The van der Waals surface area contributed by atoms with E-state index in [0.29, 0.717) is 5.92 Å². The van der Waals surface area contributed by atoms with Gasteiger partial charge in [-0.05, 0) is 55.9 Å². The van der Waals surface area contributed by atoms with Crippen LogP contribution in [0.2, 0.25) is 0 Å². The van der Waals surface area contributed by atoms with Gasteiger partial charge < -0.3 is 4.90 Å². The van der Waals surface area contributed by atoms with Gasteiger partial charge in [0.2, 0.25) is 0 Å². The van der Waals surface area contributed by atoms with Gasteiger partial charge in [-0.2, -0.15) is 0 Å². The molecule has 3 nitrogen and oxygen atoms in total. The molecule has 1 fully saturated rings. The third-order valence-corrected chi connectivity index (χ3v) is 3.81. The van der Waals surface area contributed by atoms with Crippen molar-refractivity contribution in [2.75, 3.05) is 25.0 Å². The molecule has 0 spiro atoms. The van der Waals surface area contributed by atoms with E-state index in [4.69, 9.17) is 0 Å². The predicted octanol–water partition coefficient (Wildman–Crippen LogP) is 3.59. The second-order valence-corrected chi connectivity index (χ2v) is 5.88. The Balaban J connectivity index is 2.13. The normalized spacial score (nSPS) is 19.4. The molecule has 1 atom stereocenters. The molecule has 1 saturated heterocycles. The number of carbonyl (C=O) groups excluding carboxylic acids is 1. The molecule has 0 aromatic heterocycles. The molecule has 1 aromatic rings. The van der Waals surface area contributed by atoms with Gasteiger partial charge in [-0.1, -0.05) is 13.0 Å². The fourth-order valence-corrected chi connectivity index (χ4v) is 2.83. The van der Waals surface area contributed by atoms with Crippen LogP contribution in [-0.2, 0) is 0 Å². The van der Waals surface area contributed by atoms with Gasteiger partial charge in [0.05, 0.1) is 0 Å². The average molecular weight is 260 g/mol. The van der Waals surface area contributed by atoms with Crippen molar-refractivity contribution in [2.24, 2.45) is 5.92 Å². The lowest BCUT2D eigenvalue weighted by Gasteiger charge is -2.34. The summed E-state index contributed by atoms with van der Waals surface area (Å²) in [5.74, 6) is 0.616. The summed E-state index contributed by atoms with van der Waals surface area (Å²) in [7, 11) is 1.87. The van der Waals surface area contributed by atoms with Gasteiger partial charge in [0.25, 0.3) is 0 Å². The number of hydrogen-bond donors (Lipinski definition) is 0. The predicted molar refractivity (Wildman–Crippen MR) is 79.7 cm³/mol. The second kappa shape index (κ2) is 5.64. The summed E-state index contributed by atoms with van der Waals surface area (Å²) in [4.78, 5) is 16.3. The topological polar surface area (TPSA) is 23.6 Å². The van der Waals surface area contributed by atoms with Crippen molar-refractivity contribution >= 4 is 11.7 Å². The van der Waals surface area contributed by atoms with Crippen molar-refractivity contribution in [2.45, 2.75) is 33.6 Å². The van der Waals surface area contributed by atoms with E-state index in [1.54, 1.807) is 4.90 Å². The molecule has 0 saturated carbocycles. The smallest absolute Gasteiger partial charge is 0.324 e. The van der Waals surface area contributed by atoms with Crippen LogP contribution < -0.4 is 4.90 Å². The molecule has 3 heteroatoms. The van der Waals surface area contributed by atoms with E-state index >= 15 is 0 Å². The second-order valence-electron chi connectivity index (χ2n) is 5.88. The molecule has 1 unspecified atom stereocenters. The molecular formula is C16H24N2O. The monoisotopic (exact) mass is 260 g/mol. The summed E-state index contributed by atoms with van der Waals surface area (Å²) < 4.78 is 0. The number of nitrogens with zero attached hydrogens (tertiary/aromatic N) is 2. The van der Waals surface area contributed by atoms with E-state index in [2.05, 4.69) is 39.0 Å². The highest BCUT2D eigenvalue weighted by molar-refractivity contribution is 5.91. The Labute approximate surface area is 116 Å². The number of amides is 2. The summed E-state index contributed by atoms with van der Waals surface area (Å²) in [6.45, 7) is 8.12. The van der Waals surface area contributed by atoms with Gasteiger partial charge in [-0.15, -0.1) is 0 Å². The van der Waals surface area contributed by atoms with Gasteiger partial charge in [-0.25, -0.2) is 4.79 Å². The largest absolute Gasteiger partial charge is 0.324 e. The number of aryl methyl sites for hydroxylation is 2. The van der Waals surface area contributed by atoms with Gasteiger partial charge in [0, 0.05) is 25.8 Å². The van der Waals surface area contributed by atoms with Crippen LogP contribution in [0.5, 0.6) is 0 Å². The maximum absolute atomic E-state index is 12.5. The molecule has 1 heterocycles. The molecule has 1 aliphatic heterocycles. The van der Waals surface area contributed by atoms with Gasteiger partial charge in [0.1, 0.15) is 0 Å². The van der Waals surface area contributed by atoms with Crippen molar-refractivity contribution < 1.29 is 4.79 Å². The fraction of sp³-hybridized carbons (Fsp3) is 0.562. The molecular weight excluding hydrogens is 236 g/mol. The lowest BCUT2D eigenvalue weighted by molar-refractivity contribution is 0.177. The third-order valence-electron chi connectivity index (χ3n) is 3.81. The summed E-state index contributed by atoms with van der Waals surface area (Å²) in [5, 5.41) is 0. The Morgan fingerprint density at radius 1 is 1.26 bits per heavy atom. The first-order chi connectivity index (χ1) is 8.97. The first kappa shape index (κ1) is 13.9. The van der Waals surface area contributed by atoms with Crippen molar-refractivity contribution in [3.05, 3.63) is 29.3 Å². The molecule has 0 bridgehead atoms. The highest BCUT2D eigenvalue weighted by atomic mass is 16.2. The van der Waals surface area contributed by atoms with Crippen LogP contribution in [0.1, 0.15) is 30.9 Å². The van der Waals surface area contributed by atoms with E-state index in [0.717, 1.165) is 25.2 Å². The zero-order chi connectivity index (χ0) is 14.0. The van der Waals surface area contributed by atoms with E-state index < -0.39 is 0 Å². The highest BCUT2D eigenvalue weighted by Crippen LogP contribution is 2.21. The van der Waals surface area contributed by atoms with Crippen molar-refractivity contribution in [3.63, 3.8) is 0 Å². The number of anilines is 1. The fourth-order valence-electron chi connectivity index (χ4n) is 2.83. The van der Waals surface area contributed by atoms with Crippen LogP contribution in [0.3, 0.4) is 0 Å². The van der Waals surface area contributed by atoms with Crippen molar-refractivity contribution in [1.82, 2.24) is 4.90 Å². The Morgan fingerprint density at radius 3 is 2.47 bits per heavy atom. The third kappa shape index (κ3) is 3.28. The number of hydrogen-bond acceptors (Lipinski definition) is 1. The van der Waals surface area contributed by atoms with Crippen LogP contribution in [0, 0.1) is 19.8 Å². The van der Waals surface area contributed by atoms with Crippen LogP contribution in [0.4, 0.5) is 10.5 Å². The summed E-state index contributed by atoms with van der Waals surface area (Å²) in [6, 6.07) is 6.39. The molecule has 104 valence electrons. The lowest BCUT2D eigenvalue weighted by atomic mass is 10.0. The van der Waals surface area contributed by atoms with Crippen LogP contribution in [-0.4, -0.2) is 31.1 Å². The Morgan fingerprint density at radius 2 is 1.89 bits per heavy atom. The summed E-state index contributed by atoms with van der Waals surface area (Å²) >= 11 is 0. The lowest BCUT2D eigenvalue weighted by Crippen LogP contribution is -2.46.